The number of nitro benzene ring substituents is 2. The third kappa shape index (κ3) is 36.6. The molecule has 2 radical (unpaired) electrons. The third-order valence-electron chi connectivity index (χ3n) is 14.7. The SMILES string of the molecule is C#Cc1ccc(C(=O)N[C@@H](CO)C(=O)OC)cc1.C#Cc1ccc(C(=O)O)cc1.COC(=O)[C@H](CO)NC(=O)c1ccc(C#Cc2ccc([N+](=O)[O-])cc2)cc1.N[C@@H](CO)C(=O)O.Nc1ccc(C#Cc2ccc(C(=O)N[C@@H](CO)C(=O)CO)cc2)cc1.O=C(N[C@@H](CO)C(=O)CO)c1ccc(C#Cc2ccc([N+](=O)[O-])cc2)cc1.[3H][B].[U]. The number of nitrogens with zero attached hydrogens (tertiary/aromatic N) is 2. The Balaban J connectivity index is 0.000000732. The van der Waals surface area contributed by atoms with Gasteiger partial charge in [0.15, 0.2) is 23.7 Å². The number of carbonyl (C=O) groups excluding carboxylic acids is 8. The van der Waals surface area contributed by atoms with E-state index in [4.69, 9.17) is 71.6 Å². The number of ketones is 2. The van der Waals surface area contributed by atoms with E-state index in [1.54, 1.807) is 109 Å². The minimum atomic E-state index is -1.18. The summed E-state index contributed by atoms with van der Waals surface area (Å²) >= 11 is 0. The largest absolute Gasteiger partial charge is 0.480 e. The van der Waals surface area contributed by atoms with Crippen LogP contribution in [0, 0.1) is 112 Å². The minimum absolute atomic E-state index is 0. The maximum Gasteiger partial charge on any atom is 0.335 e. The van der Waals surface area contributed by atoms with E-state index >= 15 is 0 Å². The molecule has 0 aliphatic rings. The molecule has 17 N–H and O–H groups in total. The summed E-state index contributed by atoms with van der Waals surface area (Å²) < 4.78 is 14.2. The number of carboxylic acid groups (broad SMARTS) is 2. The fourth-order valence-electron chi connectivity index (χ4n) is 8.24. The Labute approximate surface area is 696 Å². The maximum atomic E-state index is 12.1. The van der Waals surface area contributed by atoms with Gasteiger partial charge in [0.05, 0.1) is 62.7 Å². The molecule has 0 aromatic heterocycles. The second-order valence-corrected chi connectivity index (χ2v) is 22.7. The average Bonchev–Trinajstić information content (AvgIpc) is 0.875. The maximum absolute atomic E-state index is 12.1. The van der Waals surface area contributed by atoms with Crippen molar-refractivity contribution in [3.05, 3.63) is 287 Å². The Morgan fingerprint density at radius 2 is 0.624 bits per heavy atom. The van der Waals surface area contributed by atoms with Gasteiger partial charge in [-0.25, -0.2) is 14.4 Å². The Hall–Kier alpha value is -13.9. The van der Waals surface area contributed by atoms with Crippen molar-refractivity contribution in [2.45, 2.75) is 30.2 Å². The Bertz CT molecular complexity index is 4810. The van der Waals surface area contributed by atoms with Crippen molar-refractivity contribution in [1.82, 2.24) is 21.3 Å². The van der Waals surface area contributed by atoms with E-state index in [9.17, 15) is 68.2 Å². The normalized spacial score (nSPS) is 10.8. The van der Waals surface area contributed by atoms with Crippen LogP contribution >= 0.6 is 0 Å². The number of benzene rings is 8. The molecule has 0 aliphatic carbocycles. The van der Waals surface area contributed by atoms with Crippen molar-refractivity contribution in [3.8, 4) is 60.2 Å². The number of ether oxygens (including phenoxy) is 2. The molecular formula is C82H77BN8O25U. The quantitative estimate of drug-likeness (QED) is 0.0107. The molecule has 8 aromatic rings. The van der Waals surface area contributed by atoms with Crippen LogP contribution in [0.2, 0.25) is 0 Å². The average molecular weight is 1830 g/mol. The summed E-state index contributed by atoms with van der Waals surface area (Å²) in [5.41, 5.74) is 17.9. The van der Waals surface area contributed by atoms with Crippen LogP contribution in [-0.2, 0) is 33.4 Å². The van der Waals surface area contributed by atoms with Crippen LogP contribution in [0.1, 0.15) is 96.3 Å². The van der Waals surface area contributed by atoms with E-state index in [-0.39, 0.29) is 53.6 Å². The molecule has 117 heavy (non-hydrogen) atoms. The Morgan fingerprint density at radius 3 is 0.812 bits per heavy atom. The number of aliphatic hydroxyl groups excluding tert-OH is 7. The Morgan fingerprint density at radius 1 is 0.402 bits per heavy atom. The summed E-state index contributed by atoms with van der Waals surface area (Å²) in [6.45, 7) is -4.30. The molecule has 0 spiro atoms. The first-order valence-electron chi connectivity index (χ1n) is 33.8. The van der Waals surface area contributed by atoms with Crippen LogP contribution in [0.3, 0.4) is 0 Å². The van der Waals surface area contributed by atoms with E-state index in [0.717, 1.165) is 18.2 Å². The van der Waals surface area contributed by atoms with Gasteiger partial charge in [-0.05, 0) is 171 Å². The predicted octanol–water partition coefficient (Wildman–Crippen LogP) is 1.27. The van der Waals surface area contributed by atoms with Crippen molar-refractivity contribution < 1.29 is 144 Å². The van der Waals surface area contributed by atoms with Gasteiger partial charge in [-0.1, -0.05) is 47.4 Å². The number of nitrogens with one attached hydrogen (secondary N) is 4. The number of Topliss-reactive ketones (excluding diaryl/α,β-unsaturated/α-hetero) is 2. The smallest absolute Gasteiger partial charge is 0.335 e. The molecule has 0 fully saturated rings. The molecule has 602 valence electrons. The number of carbonyl (C=O) groups is 10. The number of hydrogen-bond donors (Lipinski definition) is 15. The van der Waals surface area contributed by atoms with Gasteiger partial charge in [0.1, 0.15) is 31.3 Å². The van der Waals surface area contributed by atoms with E-state index in [0.29, 0.717) is 55.8 Å². The van der Waals surface area contributed by atoms with Crippen LogP contribution < -0.4 is 32.7 Å². The molecule has 0 saturated carbocycles. The number of nitrogens with two attached hydrogens (primary N) is 2. The zero-order chi connectivity index (χ0) is 87.5. The van der Waals surface area contributed by atoms with E-state index in [2.05, 4.69) is 86.5 Å². The van der Waals surface area contributed by atoms with Gasteiger partial charge >= 0.3 is 23.9 Å². The van der Waals surface area contributed by atoms with Crippen molar-refractivity contribution in [3.63, 3.8) is 0 Å². The summed E-state index contributed by atoms with van der Waals surface area (Å²) in [5, 5.41) is 109. The number of anilines is 1. The molecule has 0 aliphatic heterocycles. The molecule has 0 heterocycles. The predicted molar refractivity (Wildman–Crippen MR) is 421 cm³/mol. The van der Waals surface area contributed by atoms with Crippen molar-refractivity contribution in [1.29, 1.82) is 1.34 Å². The van der Waals surface area contributed by atoms with Crippen molar-refractivity contribution in [2.75, 3.05) is 66.2 Å². The fraction of sp³-hybridized carbons (Fsp3) is 0.171. The number of aromatic carboxylic acids is 1. The molecule has 8 aromatic carbocycles. The molecule has 33 nitrogen and oxygen atoms in total. The van der Waals surface area contributed by atoms with Gasteiger partial charge < -0.3 is 88.2 Å². The first-order valence-corrected chi connectivity index (χ1v) is 33.2. The number of nitrogen functional groups attached to an aromatic ring is 1. The summed E-state index contributed by atoms with van der Waals surface area (Å²) in [5.74, 6) is 15.3. The van der Waals surface area contributed by atoms with Gasteiger partial charge in [0.25, 0.3) is 35.0 Å². The molecule has 0 saturated heterocycles. The van der Waals surface area contributed by atoms with Crippen LogP contribution in [0.25, 0.3) is 0 Å². The standard InChI is InChI=1S/2C19H16N2O6.C19H18N2O4.C13H13NO4.C9H6O2.C3H7NO3.BH.U/c1-27-19(24)17(12-22)20-18(23)15-8-4-13(5-9-15)2-3-14-6-10-16(11-7-14)21(25)26;22-11-17(18(24)12-23)20-19(25)15-7-3-13(4-8-15)1-2-14-5-9-16(10-6-14)21(26)27;20-16-9-5-14(6-10-16)2-1-13-3-7-15(8-4-13)19(25)21-17(11-22)18(24)12-23;1-3-9-4-6-10(7-5-9)12(16)14-11(8-15)13(17)18-2;1-2-7-3-5-8(6-4-7)9(10)11;4-2(1-5)3(6)7;;/h4-11,17,22H,12H2,1H3,(H,20,23);3-10,17,22-23H,11-12H2,(H,20,25);3-10,17,22-23H,11-12,20H2,(H,21,25);1,4-7,11,15H,8H2,2H3,(H,14,16);1,3-6H,(H,10,11);2,5H,1,4H2,(H,6,7);1H;/t3*17-;11-;;2-;;/m0000.0../s1/i;;;;;;1T;. The molecule has 8 rings (SSSR count). The van der Waals surface area contributed by atoms with Gasteiger partial charge in [0.2, 0.25) is 0 Å². The third-order valence-corrected chi connectivity index (χ3v) is 14.7. The molecule has 35 heteroatoms. The van der Waals surface area contributed by atoms with Crippen molar-refractivity contribution >= 4 is 84.5 Å². The number of nitro groups is 2. The molecule has 5 atom stereocenters. The number of methoxy groups -OCH3 is 2. The minimum Gasteiger partial charge on any atom is -0.480 e. The number of esters is 2. The number of aliphatic hydroxyl groups is 7. The zero-order valence-corrected chi connectivity index (χ0v) is 66.3. The molecular weight excluding hydrogens is 1750 g/mol. The van der Waals surface area contributed by atoms with Crippen molar-refractivity contribution in [2.24, 2.45) is 5.73 Å². The Kier molecular flexibility index (Phi) is 46.3. The first kappa shape index (κ1) is 99.1. The fourth-order valence-corrected chi connectivity index (χ4v) is 8.24. The van der Waals surface area contributed by atoms with Crippen LogP contribution in [0.4, 0.5) is 17.1 Å². The second-order valence-electron chi connectivity index (χ2n) is 22.7. The van der Waals surface area contributed by atoms with Crippen LogP contribution in [0.15, 0.2) is 194 Å². The molecule has 0 bridgehead atoms. The van der Waals surface area contributed by atoms with Gasteiger partial charge in [-0.15, -0.1) is 12.8 Å². The second kappa shape index (κ2) is 54.7. The van der Waals surface area contributed by atoms with Crippen LogP contribution in [0.5, 0.6) is 0 Å². The number of non-ortho nitro benzene ring substituents is 2. The number of terminal acetylenes is 2. The topological polar surface area (TPSA) is 558 Å². The summed E-state index contributed by atoms with van der Waals surface area (Å²) in [6, 6.07) is 44.7. The number of hydrogen-bond acceptors (Lipinski definition) is 25. The van der Waals surface area contributed by atoms with Gasteiger partial charge in [-0.2, -0.15) is 0 Å². The van der Waals surface area contributed by atoms with E-state index in [1.807, 2.05) is 12.1 Å². The number of amides is 4. The van der Waals surface area contributed by atoms with Gasteiger partial charge in [-0.3, -0.25) is 53.8 Å². The van der Waals surface area contributed by atoms with E-state index < -0.39 is 145 Å². The monoisotopic (exact) mass is 1820 g/mol. The number of aliphatic carboxylic acids is 1. The summed E-state index contributed by atoms with van der Waals surface area (Å²) in [4.78, 5) is 134. The number of rotatable bonds is 23. The van der Waals surface area contributed by atoms with Crippen LogP contribution in [-0.4, -0.2) is 215 Å². The first-order chi connectivity index (χ1) is 55.9. The number of carboxylic acids is 2. The summed E-state index contributed by atoms with van der Waals surface area (Å²) in [7, 11) is 6.09. The zero-order valence-electron chi connectivity index (χ0n) is 63.1. The molecule has 0 unspecified atom stereocenters. The summed E-state index contributed by atoms with van der Waals surface area (Å²) in [6.07, 6.45) is 10.3. The van der Waals surface area contributed by atoms with E-state index in [1.165, 1.54) is 79.9 Å². The molecule has 4 amide bonds. The van der Waals surface area contributed by atoms with Gasteiger partial charge in [0, 0.05) is 136 Å².